The standard InChI is InChI=1S/C17H24ClN3O4/c1-3-24-17(23)21-9-7-20(8-10-21)16(22)19-6-11-25-15-12-13(2)4-5-14(15)18/h4-5,12H,3,6-11H2,1-2H3,(H,19,22). The second-order valence-corrected chi connectivity index (χ2v) is 6.09. The number of urea groups is 1. The van der Waals surface area contributed by atoms with Crippen molar-refractivity contribution in [3.63, 3.8) is 0 Å². The molecule has 0 saturated carbocycles. The fourth-order valence-electron chi connectivity index (χ4n) is 2.46. The van der Waals surface area contributed by atoms with E-state index in [1.807, 2.05) is 19.1 Å². The van der Waals surface area contributed by atoms with Gasteiger partial charge in [0.1, 0.15) is 12.4 Å². The maximum atomic E-state index is 12.1. The largest absolute Gasteiger partial charge is 0.490 e. The van der Waals surface area contributed by atoms with Crippen LogP contribution in [0, 0.1) is 6.92 Å². The topological polar surface area (TPSA) is 71.1 Å². The first kappa shape index (κ1) is 19.2. The number of nitrogens with one attached hydrogen (secondary N) is 1. The summed E-state index contributed by atoms with van der Waals surface area (Å²) in [5.74, 6) is 0.610. The SMILES string of the molecule is CCOC(=O)N1CCN(C(=O)NCCOc2cc(C)ccc2Cl)CC1. The van der Waals surface area contributed by atoms with Crippen LogP contribution in [-0.4, -0.2) is 67.9 Å². The van der Waals surface area contributed by atoms with Crippen LogP contribution < -0.4 is 10.1 Å². The van der Waals surface area contributed by atoms with Crippen molar-refractivity contribution in [2.75, 3.05) is 45.9 Å². The van der Waals surface area contributed by atoms with E-state index in [9.17, 15) is 9.59 Å². The minimum Gasteiger partial charge on any atom is -0.490 e. The van der Waals surface area contributed by atoms with Crippen LogP contribution in [0.3, 0.4) is 0 Å². The third-order valence-electron chi connectivity index (χ3n) is 3.82. The van der Waals surface area contributed by atoms with Crippen molar-refractivity contribution in [3.05, 3.63) is 28.8 Å². The molecular weight excluding hydrogens is 346 g/mol. The number of ether oxygens (including phenoxy) is 2. The summed E-state index contributed by atoms with van der Waals surface area (Å²) in [6, 6.07) is 5.39. The smallest absolute Gasteiger partial charge is 0.409 e. The van der Waals surface area contributed by atoms with Crippen molar-refractivity contribution in [3.8, 4) is 5.75 Å². The van der Waals surface area contributed by atoms with Crippen LogP contribution in [0.2, 0.25) is 5.02 Å². The monoisotopic (exact) mass is 369 g/mol. The summed E-state index contributed by atoms with van der Waals surface area (Å²) in [5.41, 5.74) is 1.06. The number of halogens is 1. The average Bonchev–Trinajstić information content (AvgIpc) is 2.61. The highest BCUT2D eigenvalue weighted by molar-refractivity contribution is 6.32. The molecule has 0 aliphatic carbocycles. The summed E-state index contributed by atoms with van der Waals surface area (Å²) in [6.07, 6.45) is -0.328. The van der Waals surface area contributed by atoms with Gasteiger partial charge in [0.15, 0.2) is 0 Å². The Morgan fingerprint density at radius 2 is 1.88 bits per heavy atom. The number of carbonyl (C=O) groups is 2. The van der Waals surface area contributed by atoms with E-state index >= 15 is 0 Å². The van der Waals surface area contributed by atoms with Gasteiger partial charge in [-0.2, -0.15) is 0 Å². The minimum absolute atomic E-state index is 0.164. The van der Waals surface area contributed by atoms with E-state index in [2.05, 4.69) is 5.32 Å². The molecule has 0 spiro atoms. The molecule has 1 heterocycles. The Balaban J connectivity index is 1.67. The van der Waals surface area contributed by atoms with Gasteiger partial charge in [0.2, 0.25) is 0 Å². The van der Waals surface area contributed by atoms with Crippen LogP contribution in [-0.2, 0) is 4.74 Å². The van der Waals surface area contributed by atoms with Crippen LogP contribution >= 0.6 is 11.6 Å². The molecule has 0 radical (unpaired) electrons. The van der Waals surface area contributed by atoms with Gasteiger partial charge in [-0.25, -0.2) is 9.59 Å². The molecule has 8 heteroatoms. The van der Waals surface area contributed by atoms with Gasteiger partial charge in [-0.05, 0) is 31.5 Å². The number of aryl methyl sites for hydroxylation is 1. The molecule has 0 aromatic heterocycles. The molecule has 2 rings (SSSR count). The number of piperazine rings is 1. The van der Waals surface area contributed by atoms with E-state index in [-0.39, 0.29) is 12.1 Å². The molecule has 1 aliphatic heterocycles. The zero-order valence-electron chi connectivity index (χ0n) is 14.6. The molecule has 1 aromatic rings. The molecule has 138 valence electrons. The highest BCUT2D eigenvalue weighted by atomic mass is 35.5. The Morgan fingerprint density at radius 1 is 1.20 bits per heavy atom. The van der Waals surface area contributed by atoms with Crippen LogP contribution in [0.4, 0.5) is 9.59 Å². The van der Waals surface area contributed by atoms with Crippen molar-refractivity contribution in [2.24, 2.45) is 0 Å². The first-order chi connectivity index (χ1) is 12.0. The van der Waals surface area contributed by atoms with Gasteiger partial charge in [-0.15, -0.1) is 0 Å². The molecule has 0 atom stereocenters. The zero-order chi connectivity index (χ0) is 18.2. The number of amides is 3. The van der Waals surface area contributed by atoms with Gasteiger partial charge in [0, 0.05) is 26.2 Å². The van der Waals surface area contributed by atoms with Crippen molar-refractivity contribution in [2.45, 2.75) is 13.8 Å². The Labute approximate surface area is 152 Å². The van der Waals surface area contributed by atoms with Gasteiger partial charge in [0.25, 0.3) is 0 Å². The van der Waals surface area contributed by atoms with Gasteiger partial charge >= 0.3 is 12.1 Å². The second kappa shape index (κ2) is 9.36. The van der Waals surface area contributed by atoms with Crippen LogP contribution in [0.15, 0.2) is 18.2 Å². The summed E-state index contributed by atoms with van der Waals surface area (Å²) < 4.78 is 10.6. The van der Waals surface area contributed by atoms with Gasteiger partial charge in [-0.3, -0.25) is 0 Å². The Kier molecular flexibility index (Phi) is 7.18. The molecule has 3 amide bonds. The van der Waals surface area contributed by atoms with Crippen molar-refractivity contribution in [1.82, 2.24) is 15.1 Å². The molecule has 1 N–H and O–H groups in total. The first-order valence-corrected chi connectivity index (χ1v) is 8.72. The van der Waals surface area contributed by atoms with E-state index in [0.717, 1.165) is 5.56 Å². The predicted octanol–water partition coefficient (Wildman–Crippen LogP) is 2.51. The summed E-state index contributed by atoms with van der Waals surface area (Å²) >= 11 is 6.06. The molecule has 7 nitrogen and oxygen atoms in total. The van der Waals surface area contributed by atoms with E-state index in [1.165, 1.54) is 0 Å². The fraction of sp³-hybridized carbons (Fsp3) is 0.529. The number of nitrogens with zero attached hydrogens (tertiary/aromatic N) is 2. The lowest BCUT2D eigenvalue weighted by atomic mass is 10.2. The highest BCUT2D eigenvalue weighted by Gasteiger charge is 2.24. The normalized spacial score (nSPS) is 14.2. The molecule has 1 aliphatic rings. The lowest BCUT2D eigenvalue weighted by Crippen LogP contribution is -2.53. The van der Waals surface area contributed by atoms with E-state index in [1.54, 1.807) is 22.8 Å². The first-order valence-electron chi connectivity index (χ1n) is 8.34. The molecule has 0 unspecified atom stereocenters. The van der Waals surface area contributed by atoms with Crippen LogP contribution in [0.5, 0.6) is 5.75 Å². The fourth-order valence-corrected chi connectivity index (χ4v) is 2.63. The summed E-state index contributed by atoms with van der Waals surface area (Å²) in [7, 11) is 0. The lowest BCUT2D eigenvalue weighted by molar-refractivity contribution is 0.0851. The quantitative estimate of drug-likeness (QED) is 0.809. The third-order valence-corrected chi connectivity index (χ3v) is 4.13. The molecular formula is C17H24ClN3O4. The predicted molar refractivity (Wildman–Crippen MR) is 95.3 cm³/mol. The number of rotatable bonds is 5. The Bertz CT molecular complexity index is 604. The summed E-state index contributed by atoms with van der Waals surface area (Å²) in [4.78, 5) is 27.0. The van der Waals surface area contributed by atoms with Crippen molar-refractivity contribution >= 4 is 23.7 Å². The lowest BCUT2D eigenvalue weighted by Gasteiger charge is -2.33. The molecule has 1 aromatic carbocycles. The summed E-state index contributed by atoms with van der Waals surface area (Å²) in [6.45, 7) is 6.70. The maximum Gasteiger partial charge on any atom is 0.409 e. The number of hydrogen-bond donors (Lipinski definition) is 1. The minimum atomic E-state index is -0.328. The molecule has 1 fully saturated rings. The number of benzene rings is 1. The zero-order valence-corrected chi connectivity index (χ0v) is 15.3. The molecule has 0 bridgehead atoms. The van der Waals surface area contributed by atoms with Crippen molar-refractivity contribution < 1.29 is 19.1 Å². The maximum absolute atomic E-state index is 12.1. The van der Waals surface area contributed by atoms with E-state index < -0.39 is 0 Å². The molecule has 1 saturated heterocycles. The average molecular weight is 370 g/mol. The summed E-state index contributed by atoms with van der Waals surface area (Å²) in [5, 5.41) is 3.36. The van der Waals surface area contributed by atoms with Crippen LogP contribution in [0.25, 0.3) is 0 Å². The highest BCUT2D eigenvalue weighted by Crippen LogP contribution is 2.24. The molecule has 25 heavy (non-hydrogen) atoms. The Hall–Kier alpha value is -2.15. The van der Waals surface area contributed by atoms with Gasteiger partial charge in [0.05, 0.1) is 18.2 Å². The van der Waals surface area contributed by atoms with Gasteiger partial charge < -0.3 is 24.6 Å². The van der Waals surface area contributed by atoms with Gasteiger partial charge in [-0.1, -0.05) is 17.7 Å². The van der Waals surface area contributed by atoms with E-state index in [0.29, 0.717) is 56.7 Å². The van der Waals surface area contributed by atoms with Crippen LogP contribution in [0.1, 0.15) is 12.5 Å². The van der Waals surface area contributed by atoms with Crippen molar-refractivity contribution in [1.29, 1.82) is 0 Å². The second-order valence-electron chi connectivity index (χ2n) is 5.69. The number of hydrogen-bond acceptors (Lipinski definition) is 4. The Morgan fingerprint density at radius 3 is 2.56 bits per heavy atom. The third kappa shape index (κ3) is 5.70. The number of carbonyl (C=O) groups excluding carboxylic acids is 2. The van der Waals surface area contributed by atoms with E-state index in [4.69, 9.17) is 21.1 Å².